The Kier molecular flexibility index (Phi) is 7.74. The second-order valence-electron chi connectivity index (χ2n) is 2.51. The van der Waals surface area contributed by atoms with E-state index in [1.165, 1.54) is 0 Å². The first-order valence-corrected chi connectivity index (χ1v) is 4.19. The topological polar surface area (TPSA) is 58.3 Å². The van der Waals surface area contributed by atoms with E-state index in [0.717, 1.165) is 12.1 Å². The molecular formula is C9H18N2O. The van der Waals surface area contributed by atoms with Crippen LogP contribution < -0.4 is 11.1 Å². The fourth-order valence-corrected chi connectivity index (χ4v) is 0.717. The summed E-state index contributed by atoms with van der Waals surface area (Å²) in [6, 6.07) is 0. The number of nitrogens with two attached hydrogens (primary N) is 1. The van der Waals surface area contributed by atoms with Crippen LogP contribution in [0.2, 0.25) is 0 Å². The Hall–Kier alpha value is -0.800. The Balaban J connectivity index is 3.53. The molecule has 3 heteroatoms. The predicted octanol–water partition coefficient (Wildman–Crippen LogP) is 0.377. The first kappa shape index (κ1) is 11.2. The molecule has 0 aromatic carbocycles. The number of hydrogen-bond donors (Lipinski definition) is 3. The molecule has 3 nitrogen and oxygen atoms in total. The van der Waals surface area contributed by atoms with Crippen molar-refractivity contribution in [1.82, 2.24) is 5.32 Å². The quantitative estimate of drug-likeness (QED) is 0.505. The maximum Gasteiger partial charge on any atom is 0.0603 e. The Bertz CT molecular complexity index is 153. The van der Waals surface area contributed by atoms with Crippen LogP contribution in [-0.2, 0) is 0 Å². The second kappa shape index (κ2) is 8.30. The van der Waals surface area contributed by atoms with E-state index in [0.29, 0.717) is 13.1 Å². The van der Waals surface area contributed by atoms with Gasteiger partial charge < -0.3 is 16.2 Å². The molecule has 0 saturated carbocycles. The van der Waals surface area contributed by atoms with E-state index in [1.54, 1.807) is 0 Å². The highest BCUT2D eigenvalue weighted by Gasteiger charge is 1.82. The van der Waals surface area contributed by atoms with Crippen LogP contribution in [0.3, 0.4) is 0 Å². The molecule has 0 aliphatic heterocycles. The summed E-state index contributed by atoms with van der Waals surface area (Å²) in [6.07, 6.45) is 6.85. The number of rotatable bonds is 6. The van der Waals surface area contributed by atoms with E-state index in [9.17, 15) is 0 Å². The molecule has 0 amide bonds. The zero-order chi connectivity index (χ0) is 9.23. The van der Waals surface area contributed by atoms with Gasteiger partial charge in [-0.1, -0.05) is 12.2 Å². The van der Waals surface area contributed by atoms with Crippen LogP contribution in [-0.4, -0.2) is 24.8 Å². The van der Waals surface area contributed by atoms with Crippen molar-refractivity contribution in [3.05, 3.63) is 23.9 Å². The number of nitrogens with one attached hydrogen (secondary N) is 1. The van der Waals surface area contributed by atoms with Gasteiger partial charge in [0.2, 0.25) is 0 Å². The first-order chi connectivity index (χ1) is 5.81. The Morgan fingerprint density at radius 2 is 2.33 bits per heavy atom. The molecule has 0 aliphatic rings. The molecule has 0 unspecified atom stereocenters. The summed E-state index contributed by atoms with van der Waals surface area (Å²) in [5.74, 6) is 0. The van der Waals surface area contributed by atoms with Crippen LogP contribution in [0.4, 0.5) is 0 Å². The average molecular weight is 170 g/mol. The molecule has 0 fully saturated rings. The molecule has 0 aromatic rings. The number of aliphatic hydroxyl groups excluding tert-OH is 1. The third-order valence-electron chi connectivity index (χ3n) is 1.33. The van der Waals surface area contributed by atoms with Crippen LogP contribution in [0, 0.1) is 0 Å². The Labute approximate surface area is 74.0 Å². The fraction of sp³-hybridized carbons (Fsp3) is 0.556. The van der Waals surface area contributed by atoms with Crippen LogP contribution in [0.15, 0.2) is 23.9 Å². The zero-order valence-electron chi connectivity index (χ0n) is 7.59. The lowest BCUT2D eigenvalue weighted by atomic mass is 10.3. The van der Waals surface area contributed by atoms with Crippen LogP contribution in [0.25, 0.3) is 0 Å². The van der Waals surface area contributed by atoms with E-state index in [-0.39, 0.29) is 6.61 Å². The third-order valence-corrected chi connectivity index (χ3v) is 1.33. The van der Waals surface area contributed by atoms with Gasteiger partial charge in [0.1, 0.15) is 0 Å². The average Bonchev–Trinajstić information content (AvgIpc) is 2.09. The molecule has 0 aromatic heterocycles. The highest BCUT2D eigenvalue weighted by Crippen LogP contribution is 1.88. The van der Waals surface area contributed by atoms with Crippen molar-refractivity contribution in [2.24, 2.45) is 5.73 Å². The van der Waals surface area contributed by atoms with Gasteiger partial charge in [-0.3, -0.25) is 0 Å². The molecule has 0 atom stereocenters. The molecule has 4 N–H and O–H groups in total. The molecule has 0 rings (SSSR count). The maximum absolute atomic E-state index is 8.50. The van der Waals surface area contributed by atoms with Crippen molar-refractivity contribution >= 4 is 0 Å². The molecular weight excluding hydrogens is 152 g/mol. The zero-order valence-corrected chi connectivity index (χ0v) is 7.59. The van der Waals surface area contributed by atoms with Crippen molar-refractivity contribution in [3.8, 4) is 0 Å². The van der Waals surface area contributed by atoms with Gasteiger partial charge in [0.05, 0.1) is 6.61 Å². The van der Waals surface area contributed by atoms with Gasteiger partial charge in [-0.25, -0.2) is 0 Å². The minimum absolute atomic E-state index is 0.164. The molecule has 70 valence electrons. The monoisotopic (exact) mass is 170 g/mol. The van der Waals surface area contributed by atoms with Crippen molar-refractivity contribution < 1.29 is 5.11 Å². The van der Waals surface area contributed by atoms with Gasteiger partial charge in [-0.05, 0) is 26.0 Å². The lowest BCUT2D eigenvalue weighted by Gasteiger charge is -2.01. The normalized spacial score (nSPS) is 12.4. The van der Waals surface area contributed by atoms with Gasteiger partial charge in [0.25, 0.3) is 0 Å². The van der Waals surface area contributed by atoms with Crippen molar-refractivity contribution in [1.29, 1.82) is 0 Å². The molecule has 0 aliphatic carbocycles. The SMILES string of the molecule is C/C(=C\C=C\CCN)NCCO. The number of allylic oxidation sites excluding steroid dienone is 3. The van der Waals surface area contributed by atoms with E-state index in [2.05, 4.69) is 5.32 Å². The molecule has 12 heavy (non-hydrogen) atoms. The highest BCUT2D eigenvalue weighted by molar-refractivity contribution is 5.08. The van der Waals surface area contributed by atoms with Gasteiger partial charge in [-0.15, -0.1) is 0 Å². The van der Waals surface area contributed by atoms with Crippen molar-refractivity contribution in [3.63, 3.8) is 0 Å². The Morgan fingerprint density at radius 3 is 2.92 bits per heavy atom. The summed E-state index contributed by atoms with van der Waals surface area (Å²) in [4.78, 5) is 0. The standard InChI is InChI=1S/C9H18N2O/c1-9(11-7-8-12)5-3-2-4-6-10/h2-3,5,11-12H,4,6-8,10H2,1H3/b3-2+,9-5+. The maximum atomic E-state index is 8.50. The van der Waals surface area contributed by atoms with E-state index >= 15 is 0 Å². The second-order valence-corrected chi connectivity index (χ2v) is 2.51. The van der Waals surface area contributed by atoms with E-state index in [1.807, 2.05) is 25.2 Å². The smallest absolute Gasteiger partial charge is 0.0603 e. The molecule has 0 spiro atoms. The third kappa shape index (κ3) is 7.31. The highest BCUT2D eigenvalue weighted by atomic mass is 16.3. The van der Waals surface area contributed by atoms with Crippen LogP contribution in [0.5, 0.6) is 0 Å². The van der Waals surface area contributed by atoms with Crippen LogP contribution in [0.1, 0.15) is 13.3 Å². The predicted molar refractivity (Wildman–Crippen MR) is 51.7 cm³/mol. The Morgan fingerprint density at radius 1 is 1.58 bits per heavy atom. The van der Waals surface area contributed by atoms with Gasteiger partial charge in [0.15, 0.2) is 0 Å². The summed E-state index contributed by atoms with van der Waals surface area (Å²) in [6.45, 7) is 3.42. The van der Waals surface area contributed by atoms with Crippen LogP contribution >= 0.6 is 0 Å². The molecule has 0 bridgehead atoms. The minimum Gasteiger partial charge on any atom is -0.395 e. The molecule has 0 saturated heterocycles. The summed E-state index contributed by atoms with van der Waals surface area (Å²) >= 11 is 0. The van der Waals surface area contributed by atoms with Gasteiger partial charge in [0, 0.05) is 12.2 Å². The molecule has 0 heterocycles. The van der Waals surface area contributed by atoms with Gasteiger partial charge in [-0.2, -0.15) is 0 Å². The van der Waals surface area contributed by atoms with E-state index < -0.39 is 0 Å². The lowest BCUT2D eigenvalue weighted by molar-refractivity contribution is 0.297. The number of hydrogen-bond acceptors (Lipinski definition) is 3. The van der Waals surface area contributed by atoms with E-state index in [4.69, 9.17) is 10.8 Å². The summed E-state index contributed by atoms with van der Waals surface area (Å²) < 4.78 is 0. The molecule has 0 radical (unpaired) electrons. The van der Waals surface area contributed by atoms with Gasteiger partial charge >= 0.3 is 0 Å². The summed E-state index contributed by atoms with van der Waals surface area (Å²) in [5.41, 5.74) is 6.36. The van der Waals surface area contributed by atoms with Crippen molar-refractivity contribution in [2.75, 3.05) is 19.7 Å². The summed E-state index contributed by atoms with van der Waals surface area (Å²) in [5, 5.41) is 11.5. The fourth-order valence-electron chi connectivity index (χ4n) is 0.717. The minimum atomic E-state index is 0.164. The van der Waals surface area contributed by atoms with Crippen molar-refractivity contribution in [2.45, 2.75) is 13.3 Å². The largest absolute Gasteiger partial charge is 0.395 e. The lowest BCUT2D eigenvalue weighted by Crippen LogP contribution is -2.15. The number of aliphatic hydroxyl groups is 1. The summed E-state index contributed by atoms with van der Waals surface area (Å²) in [7, 11) is 0. The first-order valence-electron chi connectivity index (χ1n) is 4.19.